The van der Waals surface area contributed by atoms with Gasteiger partial charge in [0, 0.05) is 11.6 Å². The summed E-state index contributed by atoms with van der Waals surface area (Å²) in [5, 5.41) is 9.25. The molecule has 17 heavy (non-hydrogen) atoms. The lowest BCUT2D eigenvalue weighted by Crippen LogP contribution is -2.12. The fourth-order valence-corrected chi connectivity index (χ4v) is 2.17. The Kier molecular flexibility index (Phi) is 3.12. The molecule has 5 heteroatoms. The summed E-state index contributed by atoms with van der Waals surface area (Å²) in [5.41, 5.74) is -0.404. The third kappa shape index (κ3) is 2.93. The number of rotatable bonds is 3. The van der Waals surface area contributed by atoms with Crippen LogP contribution in [0.3, 0.4) is 0 Å². The molecule has 1 aliphatic rings. The summed E-state index contributed by atoms with van der Waals surface area (Å²) in [6.07, 6.45) is -2.21. The molecule has 0 spiro atoms. The monoisotopic (exact) mass is 264 g/mol. The Labute approximate surface area is 102 Å². The van der Waals surface area contributed by atoms with E-state index in [0.717, 1.165) is 25.0 Å². The predicted molar refractivity (Wildman–Crippen MR) is 58.9 cm³/mol. The second kappa shape index (κ2) is 4.18. The first-order valence-corrected chi connectivity index (χ1v) is 5.70. The molecule has 1 N–H and O–H groups in total. The van der Waals surface area contributed by atoms with Crippen molar-refractivity contribution in [1.82, 2.24) is 0 Å². The highest BCUT2D eigenvalue weighted by molar-refractivity contribution is 6.30. The van der Waals surface area contributed by atoms with E-state index < -0.39 is 11.7 Å². The molecular formula is C12H12ClF3O. The first-order chi connectivity index (χ1) is 7.85. The van der Waals surface area contributed by atoms with Crippen LogP contribution < -0.4 is 0 Å². The number of benzene rings is 1. The molecule has 0 unspecified atom stereocenters. The largest absolute Gasteiger partial charge is 0.416 e. The van der Waals surface area contributed by atoms with Crippen molar-refractivity contribution in [3.63, 3.8) is 0 Å². The van der Waals surface area contributed by atoms with Crippen LogP contribution in [-0.4, -0.2) is 11.7 Å². The molecule has 0 radical (unpaired) electrons. The second-order valence-corrected chi connectivity index (χ2v) is 5.12. The number of aliphatic hydroxyl groups excluding tert-OH is 1. The molecule has 0 aromatic heterocycles. The van der Waals surface area contributed by atoms with Crippen LogP contribution in [0.1, 0.15) is 24.0 Å². The van der Waals surface area contributed by atoms with E-state index in [9.17, 15) is 13.2 Å². The Balaban J connectivity index is 2.26. The van der Waals surface area contributed by atoms with Gasteiger partial charge >= 0.3 is 6.18 Å². The lowest BCUT2D eigenvalue weighted by atomic mass is 9.96. The van der Waals surface area contributed by atoms with Crippen molar-refractivity contribution in [3.05, 3.63) is 34.3 Å². The lowest BCUT2D eigenvalue weighted by Gasteiger charge is -2.14. The van der Waals surface area contributed by atoms with E-state index in [1.54, 1.807) is 0 Å². The smallest absolute Gasteiger partial charge is 0.396 e. The number of halogens is 4. The van der Waals surface area contributed by atoms with Crippen LogP contribution >= 0.6 is 11.6 Å². The van der Waals surface area contributed by atoms with Gasteiger partial charge in [0.2, 0.25) is 0 Å². The van der Waals surface area contributed by atoms with E-state index >= 15 is 0 Å². The van der Waals surface area contributed by atoms with E-state index in [0.29, 0.717) is 12.0 Å². The highest BCUT2D eigenvalue weighted by Gasteiger charge is 2.42. The molecule has 1 aliphatic carbocycles. The van der Waals surface area contributed by atoms with E-state index in [1.807, 2.05) is 0 Å². The van der Waals surface area contributed by atoms with Crippen LogP contribution in [0.15, 0.2) is 18.2 Å². The summed E-state index contributed by atoms with van der Waals surface area (Å²) in [6, 6.07) is 3.57. The summed E-state index contributed by atoms with van der Waals surface area (Å²) in [6.45, 7) is 0.0147. The maximum absolute atomic E-state index is 12.6. The lowest BCUT2D eigenvalue weighted by molar-refractivity contribution is -0.137. The SMILES string of the molecule is OCC1(Cc2cc(Cl)cc(C(F)(F)F)c2)CC1. The van der Waals surface area contributed by atoms with Crippen molar-refractivity contribution >= 4 is 11.6 Å². The first kappa shape index (κ1) is 12.7. The standard InChI is InChI=1S/C12H12ClF3O/c13-10-4-8(6-11(7-17)1-2-11)3-9(5-10)12(14,15)16/h3-5,17H,1-2,6-7H2. The minimum absolute atomic E-state index is 0.0147. The van der Waals surface area contributed by atoms with Crippen LogP contribution in [0.25, 0.3) is 0 Å². The van der Waals surface area contributed by atoms with Crippen LogP contribution in [0, 0.1) is 5.41 Å². The van der Waals surface area contributed by atoms with E-state index in [-0.39, 0.29) is 17.0 Å². The van der Waals surface area contributed by atoms with Gasteiger partial charge in [0.05, 0.1) is 5.56 Å². The fourth-order valence-electron chi connectivity index (χ4n) is 1.92. The summed E-state index contributed by atoms with van der Waals surface area (Å²) in [5.74, 6) is 0. The highest BCUT2D eigenvalue weighted by atomic mass is 35.5. The zero-order valence-corrected chi connectivity index (χ0v) is 9.78. The van der Waals surface area contributed by atoms with Gasteiger partial charge in [0.15, 0.2) is 0 Å². The van der Waals surface area contributed by atoms with Crippen molar-refractivity contribution < 1.29 is 18.3 Å². The van der Waals surface area contributed by atoms with Crippen LogP contribution in [0.4, 0.5) is 13.2 Å². The topological polar surface area (TPSA) is 20.2 Å². The van der Waals surface area contributed by atoms with E-state index in [4.69, 9.17) is 16.7 Å². The fraction of sp³-hybridized carbons (Fsp3) is 0.500. The normalized spacial score (nSPS) is 18.2. The Morgan fingerprint density at radius 1 is 1.24 bits per heavy atom. The summed E-state index contributed by atoms with van der Waals surface area (Å²) < 4.78 is 37.7. The molecule has 94 valence electrons. The van der Waals surface area contributed by atoms with Crippen LogP contribution in [-0.2, 0) is 12.6 Å². The molecule has 1 fully saturated rings. The molecular weight excluding hydrogens is 253 g/mol. The van der Waals surface area contributed by atoms with Gasteiger partial charge < -0.3 is 5.11 Å². The molecule has 0 atom stereocenters. The average Bonchev–Trinajstić information content (AvgIpc) is 2.96. The molecule has 2 rings (SSSR count). The quantitative estimate of drug-likeness (QED) is 0.883. The summed E-state index contributed by atoms with van der Waals surface area (Å²) in [7, 11) is 0. The number of hydrogen-bond acceptors (Lipinski definition) is 1. The van der Waals surface area contributed by atoms with Crippen molar-refractivity contribution in [1.29, 1.82) is 0 Å². The molecule has 0 aliphatic heterocycles. The van der Waals surface area contributed by atoms with Crippen molar-refractivity contribution in [2.75, 3.05) is 6.61 Å². The molecule has 0 heterocycles. The molecule has 1 aromatic carbocycles. The maximum atomic E-state index is 12.6. The molecule has 1 aromatic rings. The van der Waals surface area contributed by atoms with Gasteiger partial charge in [-0.2, -0.15) is 13.2 Å². The van der Waals surface area contributed by atoms with E-state index in [1.165, 1.54) is 6.07 Å². The van der Waals surface area contributed by atoms with Crippen molar-refractivity contribution in [3.8, 4) is 0 Å². The third-order valence-electron chi connectivity index (χ3n) is 3.16. The Bertz CT molecular complexity index is 424. The van der Waals surface area contributed by atoms with Gasteiger partial charge in [0.1, 0.15) is 0 Å². The molecule has 0 saturated heterocycles. The highest BCUT2D eigenvalue weighted by Crippen LogP contribution is 2.48. The van der Waals surface area contributed by atoms with E-state index in [2.05, 4.69) is 0 Å². The van der Waals surface area contributed by atoms with Gasteiger partial charge in [0.25, 0.3) is 0 Å². The third-order valence-corrected chi connectivity index (χ3v) is 3.37. The van der Waals surface area contributed by atoms with Gasteiger partial charge in [-0.3, -0.25) is 0 Å². The zero-order valence-electron chi connectivity index (χ0n) is 9.02. The van der Waals surface area contributed by atoms with Gasteiger partial charge in [-0.15, -0.1) is 0 Å². The minimum Gasteiger partial charge on any atom is -0.396 e. The predicted octanol–water partition coefficient (Wildman–Crippen LogP) is 3.67. The van der Waals surface area contributed by atoms with Crippen molar-refractivity contribution in [2.45, 2.75) is 25.4 Å². The van der Waals surface area contributed by atoms with Gasteiger partial charge in [-0.25, -0.2) is 0 Å². The van der Waals surface area contributed by atoms with Crippen LogP contribution in [0.5, 0.6) is 0 Å². The van der Waals surface area contributed by atoms with Crippen molar-refractivity contribution in [2.24, 2.45) is 5.41 Å². The minimum atomic E-state index is -4.38. The molecule has 0 amide bonds. The Morgan fingerprint density at radius 2 is 1.88 bits per heavy atom. The summed E-state index contributed by atoms with van der Waals surface area (Å²) >= 11 is 5.69. The van der Waals surface area contributed by atoms with Crippen LogP contribution in [0.2, 0.25) is 5.02 Å². The first-order valence-electron chi connectivity index (χ1n) is 5.32. The average molecular weight is 265 g/mol. The number of aliphatic hydroxyl groups is 1. The van der Waals surface area contributed by atoms with Gasteiger partial charge in [-0.1, -0.05) is 11.6 Å². The second-order valence-electron chi connectivity index (χ2n) is 4.68. The Hall–Kier alpha value is -0.740. The number of alkyl halides is 3. The molecule has 0 bridgehead atoms. The summed E-state index contributed by atoms with van der Waals surface area (Å²) in [4.78, 5) is 0. The Morgan fingerprint density at radius 3 is 2.35 bits per heavy atom. The maximum Gasteiger partial charge on any atom is 0.416 e. The molecule has 1 saturated carbocycles. The van der Waals surface area contributed by atoms with Gasteiger partial charge in [-0.05, 0) is 48.4 Å². The molecule has 1 nitrogen and oxygen atoms in total. The zero-order chi connectivity index (χ0) is 12.7. The number of hydrogen-bond donors (Lipinski definition) is 1.